The van der Waals surface area contributed by atoms with Crippen LogP contribution in [0.3, 0.4) is 0 Å². The van der Waals surface area contributed by atoms with Gasteiger partial charge in [-0.1, -0.05) is 48.5 Å². The number of fused-ring (bicyclic) bond motifs is 3. The Hall–Kier alpha value is -2.23. The lowest BCUT2D eigenvalue weighted by Gasteiger charge is -2.37. The van der Waals surface area contributed by atoms with E-state index in [4.69, 9.17) is 14.5 Å². The first-order valence-electron chi connectivity index (χ1n) is 9.20. The zero-order valence-corrected chi connectivity index (χ0v) is 15.7. The van der Waals surface area contributed by atoms with E-state index in [2.05, 4.69) is 51.1 Å². The van der Waals surface area contributed by atoms with Gasteiger partial charge in [0.25, 0.3) is 0 Å². The number of ether oxygens (including phenoxy) is 2. The lowest BCUT2D eigenvalue weighted by molar-refractivity contribution is -0.143. The number of rotatable bonds is 4. The molecule has 134 valence electrons. The van der Waals surface area contributed by atoms with Crippen LogP contribution >= 0.6 is 0 Å². The van der Waals surface area contributed by atoms with Crippen molar-refractivity contribution in [2.45, 2.75) is 52.1 Å². The van der Waals surface area contributed by atoms with Crippen molar-refractivity contribution in [1.29, 1.82) is 0 Å². The molecule has 1 atom stereocenters. The molecule has 0 saturated heterocycles. The van der Waals surface area contributed by atoms with Crippen LogP contribution in [0.4, 0.5) is 0 Å². The van der Waals surface area contributed by atoms with E-state index in [1.54, 1.807) is 0 Å². The van der Waals surface area contributed by atoms with Crippen molar-refractivity contribution in [3.63, 3.8) is 0 Å². The van der Waals surface area contributed by atoms with E-state index in [0.717, 1.165) is 12.1 Å². The normalized spacial score (nSPS) is 17.3. The zero-order valence-electron chi connectivity index (χ0n) is 15.7. The van der Waals surface area contributed by atoms with Gasteiger partial charge in [-0.05, 0) is 37.3 Å². The minimum Gasteiger partial charge on any atom is -0.370 e. The van der Waals surface area contributed by atoms with E-state index >= 15 is 0 Å². The highest BCUT2D eigenvalue weighted by Gasteiger charge is 2.35. The quantitative estimate of drug-likeness (QED) is 0.667. The Morgan fingerprint density at radius 1 is 1.12 bits per heavy atom. The fraction of sp³-hybridized carbons (Fsp3) is 0.348. The molecule has 0 aliphatic carbocycles. The monoisotopic (exact) mass is 347 g/mol. The van der Waals surface area contributed by atoms with Gasteiger partial charge in [-0.25, -0.2) is 0 Å². The molecule has 0 bridgehead atoms. The van der Waals surface area contributed by atoms with Crippen molar-refractivity contribution >= 4 is 10.8 Å². The van der Waals surface area contributed by atoms with Crippen LogP contribution in [0.2, 0.25) is 0 Å². The van der Waals surface area contributed by atoms with Gasteiger partial charge in [0.15, 0.2) is 0 Å². The first-order valence-corrected chi connectivity index (χ1v) is 9.20. The largest absolute Gasteiger partial charge is 0.370 e. The summed E-state index contributed by atoms with van der Waals surface area (Å²) in [6.45, 7) is 7.55. The lowest BCUT2D eigenvalue weighted by Crippen LogP contribution is -2.44. The maximum absolute atomic E-state index is 6.26. The summed E-state index contributed by atoms with van der Waals surface area (Å²) < 4.78 is 12.5. The van der Waals surface area contributed by atoms with E-state index in [1.165, 1.54) is 27.5 Å². The van der Waals surface area contributed by atoms with E-state index in [9.17, 15) is 0 Å². The van der Waals surface area contributed by atoms with Gasteiger partial charge in [-0.3, -0.25) is 4.98 Å². The highest BCUT2D eigenvalue weighted by atomic mass is 16.5. The van der Waals surface area contributed by atoms with Crippen LogP contribution < -0.4 is 0 Å². The van der Waals surface area contributed by atoms with Gasteiger partial charge in [0.1, 0.15) is 0 Å². The molecule has 4 rings (SSSR count). The summed E-state index contributed by atoms with van der Waals surface area (Å²) in [5, 5.41) is 2.48. The van der Waals surface area contributed by atoms with Crippen molar-refractivity contribution in [2.75, 3.05) is 0 Å². The molecule has 3 nitrogen and oxygen atoms in total. The number of aromatic nitrogens is 1. The predicted octanol–water partition coefficient (Wildman–Crippen LogP) is 4.98. The molecule has 26 heavy (non-hydrogen) atoms. The number of pyridine rings is 1. The van der Waals surface area contributed by atoms with Crippen LogP contribution in [0.1, 0.15) is 36.2 Å². The van der Waals surface area contributed by atoms with Gasteiger partial charge in [-0.15, -0.1) is 0 Å². The molecule has 3 aromatic rings. The Kier molecular flexibility index (Phi) is 4.51. The van der Waals surface area contributed by atoms with Crippen molar-refractivity contribution in [2.24, 2.45) is 0 Å². The van der Waals surface area contributed by atoms with Crippen molar-refractivity contribution in [1.82, 2.24) is 4.98 Å². The number of hydrogen-bond acceptors (Lipinski definition) is 3. The Labute approximate surface area is 155 Å². The Morgan fingerprint density at radius 3 is 2.73 bits per heavy atom. The third-order valence-electron chi connectivity index (χ3n) is 5.35. The van der Waals surface area contributed by atoms with Crippen LogP contribution in [0, 0.1) is 6.92 Å². The number of aryl methyl sites for hydroxylation is 1. The molecule has 2 heterocycles. The minimum atomic E-state index is -0.379. The van der Waals surface area contributed by atoms with Gasteiger partial charge >= 0.3 is 0 Å². The Morgan fingerprint density at radius 2 is 1.92 bits per heavy atom. The standard InChI is InChI=1S/C23H25NO2/c1-16-8-7-11-18-13-24-20-12-21(25-15-19(20)22(16)18)23(2,3)26-14-17-9-5-4-6-10-17/h4-11,13,21H,12,14-15H2,1-3H3. The van der Waals surface area contributed by atoms with Crippen LogP contribution in [-0.4, -0.2) is 16.7 Å². The first-order chi connectivity index (χ1) is 12.5. The first kappa shape index (κ1) is 17.2. The molecule has 3 heteroatoms. The summed E-state index contributed by atoms with van der Waals surface area (Å²) in [6.07, 6.45) is 2.76. The third kappa shape index (κ3) is 3.25. The molecular formula is C23H25NO2. The predicted molar refractivity (Wildman–Crippen MR) is 104 cm³/mol. The summed E-state index contributed by atoms with van der Waals surface area (Å²) in [4.78, 5) is 4.74. The fourth-order valence-corrected chi connectivity index (χ4v) is 3.71. The molecule has 1 aromatic heterocycles. The van der Waals surface area contributed by atoms with Crippen LogP contribution in [0.5, 0.6) is 0 Å². The van der Waals surface area contributed by atoms with Gasteiger partial charge in [0, 0.05) is 29.3 Å². The molecule has 0 fully saturated rings. The molecule has 2 aromatic carbocycles. The molecule has 1 aliphatic rings. The Balaban J connectivity index is 1.55. The van der Waals surface area contributed by atoms with Gasteiger partial charge in [-0.2, -0.15) is 0 Å². The Bertz CT molecular complexity index is 918. The van der Waals surface area contributed by atoms with Crippen LogP contribution in [0.15, 0.2) is 54.7 Å². The second-order valence-corrected chi connectivity index (χ2v) is 7.60. The van der Waals surface area contributed by atoms with Crippen molar-refractivity contribution in [3.05, 3.63) is 77.1 Å². The number of hydrogen-bond donors (Lipinski definition) is 0. The maximum atomic E-state index is 6.26. The molecule has 0 radical (unpaired) electrons. The highest BCUT2D eigenvalue weighted by Crippen LogP contribution is 2.33. The average Bonchev–Trinajstić information content (AvgIpc) is 2.67. The molecular weight excluding hydrogens is 322 g/mol. The summed E-state index contributed by atoms with van der Waals surface area (Å²) in [5.41, 5.74) is 4.45. The number of benzene rings is 2. The highest BCUT2D eigenvalue weighted by molar-refractivity contribution is 5.88. The van der Waals surface area contributed by atoms with E-state index in [-0.39, 0.29) is 11.7 Å². The van der Waals surface area contributed by atoms with Crippen molar-refractivity contribution in [3.8, 4) is 0 Å². The second kappa shape index (κ2) is 6.82. The molecule has 0 spiro atoms. The summed E-state index contributed by atoms with van der Waals surface area (Å²) in [6, 6.07) is 16.6. The lowest BCUT2D eigenvalue weighted by atomic mass is 9.90. The van der Waals surface area contributed by atoms with Gasteiger partial charge in [0.2, 0.25) is 0 Å². The van der Waals surface area contributed by atoms with Gasteiger partial charge < -0.3 is 9.47 Å². The average molecular weight is 347 g/mol. The molecule has 1 unspecified atom stereocenters. The molecule has 1 aliphatic heterocycles. The summed E-state index contributed by atoms with van der Waals surface area (Å²) in [5.74, 6) is 0. The molecule has 0 saturated carbocycles. The molecule has 0 N–H and O–H groups in total. The number of nitrogens with zero attached hydrogens (tertiary/aromatic N) is 1. The van der Waals surface area contributed by atoms with Crippen LogP contribution in [0.25, 0.3) is 10.8 Å². The molecule has 0 amide bonds. The van der Waals surface area contributed by atoms with E-state index in [0.29, 0.717) is 13.2 Å². The van der Waals surface area contributed by atoms with Crippen LogP contribution in [-0.2, 0) is 29.1 Å². The zero-order chi connectivity index (χ0) is 18.1. The third-order valence-corrected chi connectivity index (χ3v) is 5.35. The van der Waals surface area contributed by atoms with E-state index < -0.39 is 0 Å². The summed E-state index contributed by atoms with van der Waals surface area (Å²) in [7, 11) is 0. The maximum Gasteiger partial charge on any atom is 0.0919 e. The fourth-order valence-electron chi connectivity index (χ4n) is 3.71. The van der Waals surface area contributed by atoms with Gasteiger partial charge in [0.05, 0.1) is 24.9 Å². The topological polar surface area (TPSA) is 31.4 Å². The minimum absolute atomic E-state index is 0.00678. The smallest absolute Gasteiger partial charge is 0.0919 e. The SMILES string of the molecule is Cc1cccc2cnc3c(c12)COC(C(C)(C)OCc1ccccc1)C3. The second-order valence-electron chi connectivity index (χ2n) is 7.60. The van der Waals surface area contributed by atoms with E-state index in [1.807, 2.05) is 24.4 Å². The summed E-state index contributed by atoms with van der Waals surface area (Å²) >= 11 is 0. The van der Waals surface area contributed by atoms with Crippen molar-refractivity contribution < 1.29 is 9.47 Å².